The first-order valence-corrected chi connectivity index (χ1v) is 11.3. The van der Waals surface area contributed by atoms with Crippen molar-refractivity contribution < 1.29 is 9.90 Å². The van der Waals surface area contributed by atoms with Crippen LogP contribution in [0.4, 0.5) is 5.69 Å². The Hall–Kier alpha value is -2.18. The summed E-state index contributed by atoms with van der Waals surface area (Å²) in [7, 11) is 1.84. The van der Waals surface area contributed by atoms with Gasteiger partial charge in [0.2, 0.25) is 5.91 Å². The molecule has 1 fully saturated rings. The summed E-state index contributed by atoms with van der Waals surface area (Å²) in [5, 5.41) is 18.1. The van der Waals surface area contributed by atoms with Crippen LogP contribution < -0.4 is 10.2 Å². The van der Waals surface area contributed by atoms with Crippen LogP contribution in [-0.4, -0.2) is 88.5 Å². The Kier molecular flexibility index (Phi) is 9.10. The zero-order chi connectivity index (χ0) is 22.5. The number of benzene rings is 1. The first-order chi connectivity index (χ1) is 15.5. The minimum atomic E-state index is -0.554. The minimum Gasteiger partial charge on any atom is -0.390 e. The maximum absolute atomic E-state index is 12.7. The summed E-state index contributed by atoms with van der Waals surface area (Å²) < 4.78 is 1.70. The van der Waals surface area contributed by atoms with Crippen LogP contribution in [-0.2, 0) is 24.8 Å². The SMILES string of the molecule is CCNC(=NCC(O)CN1CCc2ccccc2C1)N1CCN(c2cnn(C)c2)C(=O)C1.I. The molecule has 0 bridgehead atoms. The summed E-state index contributed by atoms with van der Waals surface area (Å²) in [5.41, 5.74) is 3.56. The molecule has 2 N–H and O–H groups in total. The van der Waals surface area contributed by atoms with Crippen molar-refractivity contribution in [2.75, 3.05) is 50.7 Å². The van der Waals surface area contributed by atoms with Crippen molar-refractivity contribution in [1.82, 2.24) is 24.9 Å². The van der Waals surface area contributed by atoms with Crippen molar-refractivity contribution in [3.8, 4) is 0 Å². The number of anilines is 1. The average molecular weight is 567 g/mol. The van der Waals surface area contributed by atoms with Crippen molar-refractivity contribution in [3.63, 3.8) is 0 Å². The molecule has 10 heteroatoms. The van der Waals surface area contributed by atoms with Crippen LogP contribution in [0.5, 0.6) is 0 Å². The molecule has 180 valence electrons. The van der Waals surface area contributed by atoms with E-state index in [2.05, 4.69) is 44.6 Å². The Morgan fingerprint density at radius 3 is 2.70 bits per heavy atom. The van der Waals surface area contributed by atoms with Crippen molar-refractivity contribution in [2.45, 2.75) is 26.0 Å². The molecular formula is C23H34IN7O2. The Bertz CT molecular complexity index is 964. The lowest BCUT2D eigenvalue weighted by Gasteiger charge is -2.35. The van der Waals surface area contributed by atoms with Gasteiger partial charge in [0.15, 0.2) is 5.96 Å². The summed E-state index contributed by atoms with van der Waals surface area (Å²) in [5.74, 6) is 0.692. The van der Waals surface area contributed by atoms with Gasteiger partial charge in [-0.15, -0.1) is 24.0 Å². The van der Waals surface area contributed by atoms with Gasteiger partial charge in [-0.1, -0.05) is 24.3 Å². The standard InChI is InChI=1S/C23H33N7O2.HI/c1-3-24-23(29-10-11-30(22(32)17-29)20-12-26-27(2)15-20)25-13-21(31)16-28-9-8-18-6-4-5-7-19(18)14-28;/h4-7,12,15,21,31H,3,8-11,13-14,16-17H2,1-2H3,(H,24,25);1H. The predicted octanol–water partition coefficient (Wildman–Crippen LogP) is 1.07. The van der Waals surface area contributed by atoms with Gasteiger partial charge < -0.3 is 20.2 Å². The number of hydrogen-bond donors (Lipinski definition) is 2. The van der Waals surface area contributed by atoms with Crippen LogP contribution in [0.1, 0.15) is 18.1 Å². The number of halogens is 1. The molecular weight excluding hydrogens is 533 g/mol. The number of rotatable bonds is 6. The van der Waals surface area contributed by atoms with E-state index in [0.29, 0.717) is 38.7 Å². The minimum absolute atomic E-state index is 0. The molecule has 0 radical (unpaired) electrons. The molecule has 4 rings (SSSR count). The van der Waals surface area contributed by atoms with E-state index in [1.807, 2.05) is 25.1 Å². The first kappa shape index (κ1) is 25.4. The number of nitrogens with one attached hydrogen (secondary N) is 1. The maximum atomic E-state index is 12.7. The molecule has 0 aliphatic carbocycles. The smallest absolute Gasteiger partial charge is 0.246 e. The third kappa shape index (κ3) is 6.45. The van der Waals surface area contributed by atoms with Gasteiger partial charge in [-0.2, -0.15) is 5.10 Å². The largest absolute Gasteiger partial charge is 0.390 e. The number of aliphatic hydroxyl groups is 1. The third-order valence-corrected chi connectivity index (χ3v) is 5.99. The fourth-order valence-electron chi connectivity index (χ4n) is 4.36. The van der Waals surface area contributed by atoms with E-state index in [0.717, 1.165) is 25.2 Å². The third-order valence-electron chi connectivity index (χ3n) is 5.99. The number of aliphatic imine (C=N–C) groups is 1. The number of piperazine rings is 1. The Balaban J connectivity index is 0.00000306. The van der Waals surface area contributed by atoms with E-state index < -0.39 is 6.10 Å². The van der Waals surface area contributed by atoms with Gasteiger partial charge in [0.25, 0.3) is 0 Å². The van der Waals surface area contributed by atoms with Gasteiger partial charge in [-0.25, -0.2) is 0 Å². The van der Waals surface area contributed by atoms with Gasteiger partial charge in [-0.05, 0) is 24.5 Å². The number of carbonyl (C=O) groups is 1. The highest BCUT2D eigenvalue weighted by molar-refractivity contribution is 14.0. The number of amides is 1. The molecule has 2 aliphatic rings. The first-order valence-electron chi connectivity index (χ1n) is 11.3. The molecule has 1 amide bonds. The second-order valence-corrected chi connectivity index (χ2v) is 8.44. The second-order valence-electron chi connectivity index (χ2n) is 8.44. The maximum Gasteiger partial charge on any atom is 0.246 e. The van der Waals surface area contributed by atoms with Crippen molar-refractivity contribution >= 4 is 41.5 Å². The Morgan fingerprint density at radius 2 is 2.00 bits per heavy atom. The van der Waals surface area contributed by atoms with Gasteiger partial charge in [0.1, 0.15) is 6.54 Å². The molecule has 1 aromatic carbocycles. The zero-order valence-corrected chi connectivity index (χ0v) is 21.7. The van der Waals surface area contributed by atoms with Crippen LogP contribution in [0.2, 0.25) is 0 Å². The number of fused-ring (bicyclic) bond motifs is 1. The number of guanidine groups is 1. The normalized spacial score (nSPS) is 18.0. The van der Waals surface area contributed by atoms with E-state index >= 15 is 0 Å². The number of nitrogens with zero attached hydrogens (tertiary/aromatic N) is 6. The van der Waals surface area contributed by atoms with E-state index in [-0.39, 0.29) is 36.4 Å². The van der Waals surface area contributed by atoms with Crippen molar-refractivity contribution in [3.05, 3.63) is 47.8 Å². The lowest BCUT2D eigenvalue weighted by Crippen LogP contribution is -2.55. The predicted molar refractivity (Wildman–Crippen MR) is 140 cm³/mol. The van der Waals surface area contributed by atoms with Gasteiger partial charge in [-0.3, -0.25) is 19.4 Å². The average Bonchev–Trinajstić information content (AvgIpc) is 3.22. The molecule has 33 heavy (non-hydrogen) atoms. The van der Waals surface area contributed by atoms with E-state index in [9.17, 15) is 9.90 Å². The summed E-state index contributed by atoms with van der Waals surface area (Å²) in [6.45, 7) is 6.91. The van der Waals surface area contributed by atoms with Crippen molar-refractivity contribution in [2.24, 2.45) is 12.0 Å². The second kappa shape index (κ2) is 11.8. The lowest BCUT2D eigenvalue weighted by atomic mass is 10.00. The quantitative estimate of drug-likeness (QED) is 0.309. The van der Waals surface area contributed by atoms with Crippen LogP contribution in [0, 0.1) is 0 Å². The highest BCUT2D eigenvalue weighted by atomic mass is 127. The van der Waals surface area contributed by atoms with Crippen molar-refractivity contribution in [1.29, 1.82) is 0 Å². The molecule has 2 aromatic rings. The number of aryl methyl sites for hydroxylation is 1. The molecule has 3 heterocycles. The lowest BCUT2D eigenvalue weighted by molar-refractivity contribution is -0.120. The number of hydrogen-bond acceptors (Lipinski definition) is 5. The van der Waals surface area contributed by atoms with Gasteiger partial charge in [0, 0.05) is 52.5 Å². The fourth-order valence-corrected chi connectivity index (χ4v) is 4.36. The number of carbonyl (C=O) groups excluding carboxylic acids is 1. The summed E-state index contributed by atoms with van der Waals surface area (Å²) in [6, 6.07) is 8.51. The number of aliphatic hydroxyl groups excluding tert-OH is 1. The van der Waals surface area contributed by atoms with Crippen LogP contribution in [0.15, 0.2) is 41.7 Å². The number of aromatic nitrogens is 2. The molecule has 9 nitrogen and oxygen atoms in total. The van der Waals surface area contributed by atoms with E-state index in [1.54, 1.807) is 15.8 Å². The molecule has 0 saturated carbocycles. The Labute approximate surface area is 212 Å². The van der Waals surface area contributed by atoms with Crippen LogP contribution in [0.25, 0.3) is 0 Å². The molecule has 1 atom stereocenters. The summed E-state index contributed by atoms with van der Waals surface area (Å²) >= 11 is 0. The highest BCUT2D eigenvalue weighted by Gasteiger charge is 2.28. The molecule has 2 aliphatic heterocycles. The summed E-state index contributed by atoms with van der Waals surface area (Å²) in [6.07, 6.45) is 4.02. The van der Waals surface area contributed by atoms with Gasteiger partial charge >= 0.3 is 0 Å². The van der Waals surface area contributed by atoms with E-state index in [1.165, 1.54) is 11.1 Å². The monoisotopic (exact) mass is 567 g/mol. The zero-order valence-electron chi connectivity index (χ0n) is 19.4. The topological polar surface area (TPSA) is 89.2 Å². The summed E-state index contributed by atoms with van der Waals surface area (Å²) in [4.78, 5) is 23.4. The van der Waals surface area contributed by atoms with Crippen LogP contribution in [0.3, 0.4) is 0 Å². The molecule has 0 spiro atoms. The van der Waals surface area contributed by atoms with E-state index in [4.69, 9.17) is 0 Å². The Morgan fingerprint density at radius 1 is 1.21 bits per heavy atom. The van der Waals surface area contributed by atoms with Gasteiger partial charge in [0.05, 0.1) is 24.5 Å². The highest BCUT2D eigenvalue weighted by Crippen LogP contribution is 2.19. The molecule has 1 unspecified atom stereocenters. The molecule has 1 saturated heterocycles. The number of β-amino-alcohol motifs (C(OH)–C–C–N with tert-alkyl or cyclic N) is 1. The van der Waals surface area contributed by atoms with Crippen LogP contribution >= 0.6 is 24.0 Å². The fraction of sp³-hybridized carbons (Fsp3) is 0.522. The molecule has 1 aromatic heterocycles.